The Bertz CT molecular complexity index is 473. The lowest BCUT2D eigenvalue weighted by Gasteiger charge is -2.25. The van der Waals surface area contributed by atoms with Gasteiger partial charge in [0.1, 0.15) is 0 Å². The molecule has 1 aromatic rings. The average molecular weight is 262 g/mol. The Morgan fingerprint density at radius 1 is 1.37 bits per heavy atom. The summed E-state index contributed by atoms with van der Waals surface area (Å²) in [7, 11) is 0. The Labute approximate surface area is 112 Å². The fourth-order valence-corrected chi connectivity index (χ4v) is 1.93. The number of hydrogen-bond donors (Lipinski definition) is 2. The van der Waals surface area contributed by atoms with Gasteiger partial charge >= 0.3 is 0 Å². The van der Waals surface area contributed by atoms with Crippen LogP contribution in [0.1, 0.15) is 31.7 Å². The van der Waals surface area contributed by atoms with Gasteiger partial charge in [0.15, 0.2) is 0 Å². The molecule has 1 atom stereocenters. The van der Waals surface area contributed by atoms with E-state index in [4.69, 9.17) is 10.7 Å². The van der Waals surface area contributed by atoms with Crippen LogP contribution in [-0.4, -0.2) is 28.2 Å². The molecule has 0 saturated carbocycles. The first kappa shape index (κ1) is 15.0. The van der Waals surface area contributed by atoms with Gasteiger partial charge in [-0.3, -0.25) is 0 Å². The van der Waals surface area contributed by atoms with Crippen molar-refractivity contribution in [2.24, 2.45) is 10.3 Å². The summed E-state index contributed by atoms with van der Waals surface area (Å²) in [5.41, 5.74) is 8.69. The molecular formula is C13H18N4O2. The number of hydrogen-bond acceptors (Lipinski definition) is 4. The van der Waals surface area contributed by atoms with E-state index in [1.54, 1.807) is 13.8 Å². The third-order valence-electron chi connectivity index (χ3n) is 2.73. The minimum absolute atomic E-state index is 0.0252. The van der Waals surface area contributed by atoms with Crippen molar-refractivity contribution in [1.82, 2.24) is 0 Å². The average Bonchev–Trinajstić information content (AvgIpc) is 2.38. The zero-order chi connectivity index (χ0) is 14.3. The zero-order valence-electron chi connectivity index (χ0n) is 11.1. The molecule has 0 aliphatic rings. The maximum absolute atomic E-state index is 9.98. The van der Waals surface area contributed by atoms with Gasteiger partial charge in [0.2, 0.25) is 0 Å². The molecular weight excluding hydrogens is 244 g/mol. The number of nitrogens with zero attached hydrogens (tertiary/aromatic N) is 4. The highest BCUT2D eigenvalue weighted by Gasteiger charge is 2.26. The zero-order valence-corrected chi connectivity index (χ0v) is 11.1. The summed E-state index contributed by atoms with van der Waals surface area (Å²) >= 11 is 0. The van der Waals surface area contributed by atoms with Crippen LogP contribution < -0.4 is 0 Å². The predicted molar refractivity (Wildman–Crippen MR) is 73.3 cm³/mol. The Morgan fingerprint density at radius 3 is 2.47 bits per heavy atom. The summed E-state index contributed by atoms with van der Waals surface area (Å²) in [6.07, 6.45) is 0.372. The molecule has 102 valence electrons. The second kappa shape index (κ2) is 6.78. The molecule has 0 bridgehead atoms. The van der Waals surface area contributed by atoms with Gasteiger partial charge in [-0.2, -0.15) is 0 Å². The smallest absolute Gasteiger partial charge is 0.0704 e. The van der Waals surface area contributed by atoms with E-state index in [2.05, 4.69) is 15.2 Å². The summed E-state index contributed by atoms with van der Waals surface area (Å²) in [6.45, 7) is 3.35. The van der Waals surface area contributed by atoms with E-state index in [1.807, 2.05) is 30.3 Å². The molecule has 0 fully saturated rings. The quantitative estimate of drug-likeness (QED) is 0.205. The third-order valence-corrected chi connectivity index (χ3v) is 2.73. The number of benzene rings is 1. The van der Waals surface area contributed by atoms with Crippen molar-refractivity contribution in [3.63, 3.8) is 0 Å². The molecule has 6 nitrogen and oxygen atoms in total. The number of rotatable bonds is 6. The van der Waals surface area contributed by atoms with Crippen molar-refractivity contribution < 1.29 is 10.3 Å². The van der Waals surface area contributed by atoms with Crippen LogP contribution in [0.2, 0.25) is 0 Å². The van der Waals surface area contributed by atoms with Crippen molar-refractivity contribution in [2.75, 3.05) is 6.54 Å². The number of aliphatic hydroxyl groups is 1. The van der Waals surface area contributed by atoms with E-state index in [0.717, 1.165) is 5.56 Å². The topological polar surface area (TPSA) is 102 Å². The van der Waals surface area contributed by atoms with Crippen molar-refractivity contribution in [3.8, 4) is 0 Å². The van der Waals surface area contributed by atoms with Crippen LogP contribution in [0.3, 0.4) is 0 Å². The number of oxime groups is 1. The molecule has 1 aromatic carbocycles. The third kappa shape index (κ3) is 4.99. The van der Waals surface area contributed by atoms with Crippen molar-refractivity contribution >= 4 is 5.71 Å². The molecule has 0 aliphatic carbocycles. The van der Waals surface area contributed by atoms with E-state index in [9.17, 15) is 5.11 Å². The molecule has 19 heavy (non-hydrogen) atoms. The van der Waals surface area contributed by atoms with Gasteiger partial charge < -0.3 is 10.3 Å². The lowest BCUT2D eigenvalue weighted by molar-refractivity contribution is 0.0684. The first-order valence-electron chi connectivity index (χ1n) is 5.97. The number of azide groups is 1. The molecule has 0 radical (unpaired) electrons. The van der Waals surface area contributed by atoms with Gasteiger partial charge in [-0.1, -0.05) is 40.6 Å². The standard InChI is InChI=1S/C13H18N4O2/c1-13(2,18)8-11(10-6-4-3-5-7-10)12(16-19)9-15-17-14/h3-7,11,18-19H,8-9H2,1-2H3/b16-12-. The molecule has 1 unspecified atom stereocenters. The molecule has 0 spiro atoms. The van der Waals surface area contributed by atoms with Crippen LogP contribution in [0.15, 0.2) is 40.6 Å². The molecule has 0 amide bonds. The summed E-state index contributed by atoms with van der Waals surface area (Å²) in [5.74, 6) is -0.295. The fourth-order valence-electron chi connectivity index (χ4n) is 1.93. The van der Waals surface area contributed by atoms with Crippen LogP contribution in [-0.2, 0) is 0 Å². The van der Waals surface area contributed by atoms with Gasteiger partial charge in [0.05, 0.1) is 17.9 Å². The highest BCUT2D eigenvalue weighted by molar-refractivity contribution is 5.92. The normalized spacial score (nSPS) is 13.7. The second-order valence-electron chi connectivity index (χ2n) is 4.96. The Kier molecular flexibility index (Phi) is 5.36. The molecule has 6 heteroatoms. The molecule has 0 aromatic heterocycles. The second-order valence-corrected chi connectivity index (χ2v) is 4.96. The molecule has 1 rings (SSSR count). The van der Waals surface area contributed by atoms with Crippen LogP contribution >= 0.6 is 0 Å². The maximum atomic E-state index is 9.98. The lowest BCUT2D eigenvalue weighted by atomic mass is 9.84. The van der Waals surface area contributed by atoms with Gasteiger partial charge in [-0.05, 0) is 31.4 Å². The first-order valence-corrected chi connectivity index (χ1v) is 5.97. The van der Waals surface area contributed by atoms with Crippen molar-refractivity contribution in [3.05, 3.63) is 46.3 Å². The van der Waals surface area contributed by atoms with E-state index >= 15 is 0 Å². The summed E-state index contributed by atoms with van der Waals surface area (Å²) < 4.78 is 0. The van der Waals surface area contributed by atoms with E-state index < -0.39 is 5.60 Å². The molecule has 0 aliphatic heterocycles. The SMILES string of the molecule is CC(C)(O)CC(/C(CN=[N+]=[N-])=N\O)c1ccccc1. The molecule has 0 heterocycles. The fraction of sp³-hybridized carbons (Fsp3) is 0.462. The highest BCUT2D eigenvalue weighted by Crippen LogP contribution is 2.27. The van der Waals surface area contributed by atoms with Gasteiger partial charge in [-0.25, -0.2) is 0 Å². The maximum Gasteiger partial charge on any atom is 0.0704 e. The predicted octanol–water partition coefficient (Wildman–Crippen LogP) is 3.07. The van der Waals surface area contributed by atoms with Crippen LogP contribution in [0.5, 0.6) is 0 Å². The van der Waals surface area contributed by atoms with E-state index in [1.165, 1.54) is 0 Å². The van der Waals surface area contributed by atoms with Gasteiger partial charge in [0.25, 0.3) is 0 Å². The minimum atomic E-state index is -0.924. The van der Waals surface area contributed by atoms with Gasteiger partial charge in [0, 0.05) is 10.8 Å². The largest absolute Gasteiger partial charge is 0.411 e. The van der Waals surface area contributed by atoms with Crippen LogP contribution in [0, 0.1) is 0 Å². The monoisotopic (exact) mass is 262 g/mol. The Hall–Kier alpha value is -2.04. The summed E-state index contributed by atoms with van der Waals surface area (Å²) in [4.78, 5) is 2.67. The Morgan fingerprint density at radius 2 is 2.00 bits per heavy atom. The van der Waals surface area contributed by atoms with Gasteiger partial charge in [-0.15, -0.1) is 0 Å². The van der Waals surface area contributed by atoms with Crippen LogP contribution in [0.25, 0.3) is 10.4 Å². The van der Waals surface area contributed by atoms with Crippen molar-refractivity contribution in [2.45, 2.75) is 31.8 Å². The first-order chi connectivity index (χ1) is 8.98. The lowest BCUT2D eigenvalue weighted by Crippen LogP contribution is -2.27. The summed E-state index contributed by atoms with van der Waals surface area (Å²) in [6, 6.07) is 9.40. The van der Waals surface area contributed by atoms with E-state index in [0.29, 0.717) is 12.1 Å². The van der Waals surface area contributed by atoms with Crippen LogP contribution in [0.4, 0.5) is 0 Å². The minimum Gasteiger partial charge on any atom is -0.411 e. The summed E-state index contributed by atoms with van der Waals surface area (Å²) in [5, 5.41) is 25.7. The highest BCUT2D eigenvalue weighted by atomic mass is 16.4. The molecule has 2 N–H and O–H groups in total. The molecule has 0 saturated heterocycles. The van der Waals surface area contributed by atoms with Crippen molar-refractivity contribution in [1.29, 1.82) is 0 Å². The van der Waals surface area contributed by atoms with E-state index in [-0.39, 0.29) is 12.5 Å². The Balaban J connectivity index is 3.08.